The SMILES string of the molecule is Cn1c(=S)[nH]c2cc(C(=O)NCc3ccc(COCC(F)(F)F)cc3)ccc2c1=O. The molecule has 6 nitrogen and oxygen atoms in total. The van der Waals surface area contributed by atoms with Crippen LogP contribution in [0.3, 0.4) is 0 Å². The number of carbonyl (C=O) groups is 1. The van der Waals surface area contributed by atoms with Crippen LogP contribution in [0.2, 0.25) is 0 Å². The minimum Gasteiger partial charge on any atom is -0.367 e. The van der Waals surface area contributed by atoms with Crippen LogP contribution in [0.25, 0.3) is 10.9 Å². The van der Waals surface area contributed by atoms with Crippen molar-refractivity contribution in [2.24, 2.45) is 7.05 Å². The first-order valence-corrected chi connectivity index (χ1v) is 9.28. The summed E-state index contributed by atoms with van der Waals surface area (Å²) in [5, 5.41) is 3.18. The number of ether oxygens (including phenoxy) is 1. The minimum absolute atomic E-state index is 0.149. The van der Waals surface area contributed by atoms with Crippen LogP contribution in [0, 0.1) is 4.77 Å². The Morgan fingerprint density at radius 3 is 2.50 bits per heavy atom. The Labute approximate surface area is 174 Å². The smallest absolute Gasteiger partial charge is 0.367 e. The van der Waals surface area contributed by atoms with E-state index in [1.54, 1.807) is 49.5 Å². The molecule has 0 saturated carbocycles. The van der Waals surface area contributed by atoms with Gasteiger partial charge in [-0.1, -0.05) is 24.3 Å². The van der Waals surface area contributed by atoms with E-state index in [0.717, 1.165) is 5.56 Å². The number of carbonyl (C=O) groups excluding carboxylic acids is 1. The third kappa shape index (κ3) is 5.33. The summed E-state index contributed by atoms with van der Waals surface area (Å²) in [6.07, 6.45) is -4.36. The number of hydrogen-bond acceptors (Lipinski definition) is 4. The number of H-pyrrole nitrogens is 1. The monoisotopic (exact) mass is 437 g/mol. The zero-order chi connectivity index (χ0) is 21.9. The molecule has 1 heterocycles. The molecule has 0 aliphatic rings. The van der Waals surface area contributed by atoms with Gasteiger partial charge in [-0.05, 0) is 41.5 Å². The standard InChI is InChI=1S/C20H18F3N3O3S/c1-26-18(28)15-7-6-14(8-16(15)25-19(26)30)17(27)24-9-12-2-4-13(5-3-12)10-29-11-20(21,22)23/h2-8H,9-11H2,1H3,(H,24,27)(H,25,30). The molecule has 30 heavy (non-hydrogen) atoms. The van der Waals surface area contributed by atoms with Gasteiger partial charge in [0.25, 0.3) is 11.5 Å². The molecule has 1 aromatic heterocycles. The van der Waals surface area contributed by atoms with Gasteiger partial charge in [-0.15, -0.1) is 0 Å². The Balaban J connectivity index is 1.62. The van der Waals surface area contributed by atoms with Crippen LogP contribution in [-0.2, 0) is 24.9 Å². The number of nitrogens with one attached hydrogen (secondary N) is 2. The second kappa shape index (κ2) is 8.80. The van der Waals surface area contributed by atoms with Crippen molar-refractivity contribution in [3.05, 3.63) is 74.3 Å². The summed E-state index contributed by atoms with van der Waals surface area (Å²) < 4.78 is 42.5. The molecular formula is C20H18F3N3O3S. The van der Waals surface area contributed by atoms with Crippen molar-refractivity contribution in [2.75, 3.05) is 6.61 Å². The fraction of sp³-hybridized carbons (Fsp3) is 0.250. The fourth-order valence-electron chi connectivity index (χ4n) is 2.77. The van der Waals surface area contributed by atoms with Crippen LogP contribution in [0.4, 0.5) is 13.2 Å². The van der Waals surface area contributed by atoms with E-state index in [1.807, 2.05) is 0 Å². The maximum absolute atomic E-state index is 12.4. The van der Waals surface area contributed by atoms with Gasteiger partial charge in [0.15, 0.2) is 4.77 Å². The fourth-order valence-corrected chi connectivity index (χ4v) is 2.96. The van der Waals surface area contributed by atoms with Crippen LogP contribution in [0.1, 0.15) is 21.5 Å². The molecular weight excluding hydrogens is 419 g/mol. The van der Waals surface area contributed by atoms with Crippen LogP contribution in [0.15, 0.2) is 47.3 Å². The second-order valence-corrected chi connectivity index (χ2v) is 7.05. The van der Waals surface area contributed by atoms with E-state index in [2.05, 4.69) is 15.0 Å². The molecule has 0 saturated heterocycles. The number of amides is 1. The highest BCUT2D eigenvalue weighted by molar-refractivity contribution is 7.71. The molecule has 2 aromatic carbocycles. The second-order valence-electron chi connectivity index (χ2n) is 6.66. The van der Waals surface area contributed by atoms with E-state index in [1.165, 1.54) is 4.57 Å². The highest BCUT2D eigenvalue weighted by Crippen LogP contribution is 2.16. The van der Waals surface area contributed by atoms with Gasteiger partial charge >= 0.3 is 6.18 Å². The highest BCUT2D eigenvalue weighted by atomic mass is 32.1. The number of halogens is 3. The van der Waals surface area contributed by atoms with Crippen LogP contribution in [-0.4, -0.2) is 28.2 Å². The molecule has 0 atom stereocenters. The molecule has 3 rings (SSSR count). The zero-order valence-corrected chi connectivity index (χ0v) is 16.7. The average Bonchev–Trinajstić information content (AvgIpc) is 2.70. The maximum Gasteiger partial charge on any atom is 0.411 e. The van der Waals surface area contributed by atoms with Crippen LogP contribution in [0.5, 0.6) is 0 Å². The van der Waals surface area contributed by atoms with Crippen molar-refractivity contribution in [2.45, 2.75) is 19.3 Å². The quantitative estimate of drug-likeness (QED) is 0.578. The van der Waals surface area contributed by atoms with Gasteiger partial charge in [-0.2, -0.15) is 13.2 Å². The first-order valence-electron chi connectivity index (χ1n) is 8.87. The first kappa shape index (κ1) is 21.7. The van der Waals surface area contributed by atoms with Crippen molar-refractivity contribution < 1.29 is 22.7 Å². The number of fused-ring (bicyclic) bond motifs is 1. The number of alkyl halides is 3. The van der Waals surface area contributed by atoms with E-state index in [0.29, 0.717) is 22.0 Å². The third-order valence-electron chi connectivity index (χ3n) is 4.37. The largest absolute Gasteiger partial charge is 0.411 e. The number of hydrogen-bond donors (Lipinski definition) is 2. The van der Waals surface area contributed by atoms with E-state index >= 15 is 0 Å². The Kier molecular flexibility index (Phi) is 6.37. The zero-order valence-electron chi connectivity index (χ0n) is 15.9. The molecule has 10 heteroatoms. The van der Waals surface area contributed by atoms with Gasteiger partial charge < -0.3 is 15.0 Å². The molecule has 1 amide bonds. The summed E-state index contributed by atoms with van der Waals surface area (Å²) in [5.41, 5.74) is 1.95. The van der Waals surface area contributed by atoms with E-state index in [-0.39, 0.29) is 29.4 Å². The Morgan fingerprint density at radius 2 is 1.83 bits per heavy atom. The number of rotatable bonds is 6. The summed E-state index contributed by atoms with van der Waals surface area (Å²) in [5.74, 6) is -0.338. The lowest BCUT2D eigenvalue weighted by atomic mass is 10.1. The average molecular weight is 437 g/mol. The maximum atomic E-state index is 12.4. The molecule has 158 valence electrons. The normalized spacial score (nSPS) is 11.6. The van der Waals surface area contributed by atoms with E-state index in [9.17, 15) is 22.8 Å². The van der Waals surface area contributed by atoms with Gasteiger partial charge in [0.1, 0.15) is 6.61 Å². The summed E-state index contributed by atoms with van der Waals surface area (Å²) in [7, 11) is 1.56. The molecule has 0 bridgehead atoms. The molecule has 0 unspecified atom stereocenters. The Hall–Kier alpha value is -2.98. The van der Waals surface area contributed by atoms with Crippen molar-refractivity contribution in [1.29, 1.82) is 0 Å². The van der Waals surface area contributed by atoms with Crippen molar-refractivity contribution in [1.82, 2.24) is 14.9 Å². The minimum atomic E-state index is -4.36. The summed E-state index contributed by atoms with van der Waals surface area (Å²) in [6, 6.07) is 11.4. The Bertz CT molecular complexity index is 1180. The van der Waals surface area contributed by atoms with E-state index < -0.39 is 12.8 Å². The molecule has 2 N–H and O–H groups in total. The number of nitrogens with zero attached hydrogens (tertiary/aromatic N) is 1. The molecule has 0 aliphatic heterocycles. The number of aromatic amines is 1. The first-order chi connectivity index (χ1) is 14.1. The van der Waals surface area contributed by atoms with Crippen LogP contribution < -0.4 is 10.9 Å². The lowest BCUT2D eigenvalue weighted by molar-refractivity contribution is -0.176. The van der Waals surface area contributed by atoms with Crippen LogP contribution >= 0.6 is 12.2 Å². The predicted octanol–water partition coefficient (Wildman–Crippen LogP) is 3.60. The number of aromatic nitrogens is 2. The summed E-state index contributed by atoms with van der Waals surface area (Å²) in [4.78, 5) is 27.5. The molecule has 3 aromatic rings. The lowest BCUT2D eigenvalue weighted by Gasteiger charge is -2.09. The molecule has 0 radical (unpaired) electrons. The van der Waals surface area contributed by atoms with Crippen molar-refractivity contribution in [3.63, 3.8) is 0 Å². The lowest BCUT2D eigenvalue weighted by Crippen LogP contribution is -2.23. The van der Waals surface area contributed by atoms with Gasteiger partial charge in [0.2, 0.25) is 0 Å². The molecule has 0 spiro atoms. The summed E-state index contributed by atoms with van der Waals surface area (Å²) in [6.45, 7) is -1.22. The van der Waals surface area contributed by atoms with Gasteiger partial charge in [0.05, 0.1) is 17.5 Å². The third-order valence-corrected chi connectivity index (χ3v) is 4.75. The number of benzene rings is 2. The summed E-state index contributed by atoms with van der Waals surface area (Å²) >= 11 is 5.09. The Morgan fingerprint density at radius 1 is 1.17 bits per heavy atom. The van der Waals surface area contributed by atoms with Gasteiger partial charge in [-0.25, -0.2) is 0 Å². The molecule has 0 fully saturated rings. The van der Waals surface area contributed by atoms with Crippen molar-refractivity contribution in [3.8, 4) is 0 Å². The predicted molar refractivity (Wildman–Crippen MR) is 108 cm³/mol. The van der Waals surface area contributed by atoms with Gasteiger partial charge in [-0.3, -0.25) is 14.2 Å². The molecule has 0 aliphatic carbocycles. The van der Waals surface area contributed by atoms with E-state index in [4.69, 9.17) is 12.2 Å². The van der Waals surface area contributed by atoms with Gasteiger partial charge in [0, 0.05) is 19.2 Å². The topological polar surface area (TPSA) is 76.1 Å². The van der Waals surface area contributed by atoms with Crippen molar-refractivity contribution >= 4 is 29.0 Å². The highest BCUT2D eigenvalue weighted by Gasteiger charge is 2.27.